The van der Waals surface area contributed by atoms with Gasteiger partial charge in [-0.1, -0.05) is 41.4 Å². The molecule has 0 radical (unpaired) electrons. The molecule has 1 spiro atoms. The molecule has 0 saturated carbocycles. The van der Waals surface area contributed by atoms with Crippen LogP contribution in [0.4, 0.5) is 4.79 Å². The largest absolute Gasteiger partial charge is 0.325 e. The summed E-state index contributed by atoms with van der Waals surface area (Å²) in [4.78, 5) is 27.0. The summed E-state index contributed by atoms with van der Waals surface area (Å²) in [7, 11) is -3.69. The first-order valence-corrected chi connectivity index (χ1v) is 11.5. The van der Waals surface area contributed by atoms with Crippen molar-refractivity contribution < 1.29 is 18.0 Å². The summed E-state index contributed by atoms with van der Waals surface area (Å²) in [6.45, 7) is 2.46. The van der Waals surface area contributed by atoms with E-state index in [1.807, 2.05) is 31.2 Å². The lowest BCUT2D eigenvalue weighted by atomic mass is 9.88. The van der Waals surface area contributed by atoms with E-state index < -0.39 is 21.6 Å². The van der Waals surface area contributed by atoms with E-state index in [0.717, 1.165) is 11.1 Å². The van der Waals surface area contributed by atoms with Crippen molar-refractivity contribution >= 4 is 33.6 Å². The Balaban J connectivity index is 1.47. The van der Waals surface area contributed by atoms with Gasteiger partial charge >= 0.3 is 6.03 Å². The number of rotatable bonds is 4. The molecule has 2 aromatic carbocycles. The Kier molecular flexibility index (Phi) is 5.34. The van der Waals surface area contributed by atoms with Gasteiger partial charge < -0.3 is 5.32 Å². The summed E-state index contributed by atoms with van der Waals surface area (Å²) in [6.07, 6.45) is 0.462. The molecule has 0 bridgehead atoms. The zero-order valence-electron chi connectivity index (χ0n) is 16.5. The number of sulfonamides is 1. The van der Waals surface area contributed by atoms with Gasteiger partial charge in [-0.2, -0.15) is 4.31 Å². The monoisotopic (exact) mass is 447 g/mol. The molecule has 30 heavy (non-hydrogen) atoms. The first kappa shape index (κ1) is 20.8. The number of nitrogens with zero attached hydrogens (tertiary/aromatic N) is 2. The maximum absolute atomic E-state index is 13.1. The third-order valence-corrected chi connectivity index (χ3v) is 7.90. The van der Waals surface area contributed by atoms with Crippen LogP contribution < -0.4 is 5.32 Å². The van der Waals surface area contributed by atoms with Gasteiger partial charge in [0.15, 0.2) is 0 Å². The van der Waals surface area contributed by atoms with E-state index in [4.69, 9.17) is 11.6 Å². The van der Waals surface area contributed by atoms with Crippen LogP contribution in [0.5, 0.6) is 0 Å². The average Bonchev–Trinajstić information content (AvgIpc) is 2.94. The van der Waals surface area contributed by atoms with Gasteiger partial charge in [-0.15, -0.1) is 0 Å². The smallest absolute Gasteiger partial charge is 0.323 e. The molecule has 0 unspecified atom stereocenters. The van der Waals surface area contributed by atoms with Crippen LogP contribution in [0.15, 0.2) is 53.4 Å². The number of urea groups is 1. The first-order valence-electron chi connectivity index (χ1n) is 9.67. The number of aryl methyl sites for hydroxylation is 1. The van der Waals surface area contributed by atoms with E-state index in [-0.39, 0.29) is 43.3 Å². The predicted octanol–water partition coefficient (Wildman–Crippen LogP) is 2.92. The van der Waals surface area contributed by atoms with Crippen LogP contribution in [0.1, 0.15) is 24.0 Å². The summed E-state index contributed by atoms with van der Waals surface area (Å²) >= 11 is 5.85. The van der Waals surface area contributed by atoms with Crippen LogP contribution in [0, 0.1) is 6.92 Å². The number of benzene rings is 2. The van der Waals surface area contributed by atoms with Crippen LogP contribution in [-0.2, 0) is 21.4 Å². The van der Waals surface area contributed by atoms with Crippen LogP contribution in [0.3, 0.4) is 0 Å². The van der Waals surface area contributed by atoms with Crippen molar-refractivity contribution in [2.24, 2.45) is 0 Å². The van der Waals surface area contributed by atoms with E-state index in [2.05, 4.69) is 5.32 Å². The number of carbonyl (C=O) groups excluding carboxylic acids is 2. The molecule has 0 aliphatic carbocycles. The molecule has 2 aromatic rings. The van der Waals surface area contributed by atoms with Crippen molar-refractivity contribution in [3.05, 3.63) is 64.7 Å². The highest BCUT2D eigenvalue weighted by Crippen LogP contribution is 2.32. The number of piperidine rings is 1. The molecule has 2 aliphatic heterocycles. The Morgan fingerprint density at radius 1 is 1.00 bits per heavy atom. The van der Waals surface area contributed by atoms with Gasteiger partial charge in [0, 0.05) is 18.1 Å². The van der Waals surface area contributed by atoms with Gasteiger partial charge in [-0.25, -0.2) is 13.2 Å². The van der Waals surface area contributed by atoms with E-state index in [1.165, 1.54) is 33.5 Å². The predicted molar refractivity (Wildman–Crippen MR) is 112 cm³/mol. The fourth-order valence-electron chi connectivity index (χ4n) is 3.90. The van der Waals surface area contributed by atoms with Crippen molar-refractivity contribution in [3.8, 4) is 0 Å². The second-order valence-corrected chi connectivity index (χ2v) is 10.1. The van der Waals surface area contributed by atoms with Crippen LogP contribution in [0.25, 0.3) is 0 Å². The maximum atomic E-state index is 13.1. The second-order valence-electron chi connectivity index (χ2n) is 7.75. The van der Waals surface area contributed by atoms with Crippen molar-refractivity contribution in [1.29, 1.82) is 0 Å². The Morgan fingerprint density at radius 3 is 2.20 bits per heavy atom. The van der Waals surface area contributed by atoms with Gasteiger partial charge in [0.2, 0.25) is 10.0 Å². The SMILES string of the molecule is Cc1ccc(CN2C(=O)NC3(CCN(S(=O)(=O)c4ccc(Cl)cc4)CC3)C2=O)cc1. The molecule has 2 fully saturated rings. The zero-order valence-corrected chi connectivity index (χ0v) is 18.0. The maximum Gasteiger partial charge on any atom is 0.325 e. The molecule has 2 aliphatic rings. The van der Waals surface area contributed by atoms with E-state index in [9.17, 15) is 18.0 Å². The van der Waals surface area contributed by atoms with Crippen LogP contribution in [-0.4, -0.2) is 48.2 Å². The summed E-state index contributed by atoms with van der Waals surface area (Å²) in [5, 5.41) is 3.28. The number of amides is 3. The fraction of sp³-hybridized carbons (Fsp3) is 0.333. The minimum Gasteiger partial charge on any atom is -0.323 e. The third kappa shape index (κ3) is 3.71. The molecule has 2 saturated heterocycles. The molecule has 4 rings (SSSR count). The molecule has 9 heteroatoms. The number of carbonyl (C=O) groups is 2. The van der Waals surface area contributed by atoms with E-state index in [1.54, 1.807) is 0 Å². The standard InChI is InChI=1S/C21H22ClN3O4S/c1-15-2-4-16(5-3-15)14-25-19(26)21(23-20(25)27)10-12-24(13-11-21)30(28,29)18-8-6-17(22)7-9-18/h2-9H,10-14H2,1H3,(H,23,27). The van der Waals surface area contributed by atoms with Gasteiger partial charge in [0.25, 0.3) is 5.91 Å². The van der Waals surface area contributed by atoms with Gasteiger partial charge in [0.05, 0.1) is 11.4 Å². The highest BCUT2D eigenvalue weighted by atomic mass is 35.5. The topological polar surface area (TPSA) is 86.8 Å². The molecule has 7 nitrogen and oxygen atoms in total. The number of imide groups is 1. The minimum absolute atomic E-state index is 0.148. The van der Waals surface area contributed by atoms with Crippen LogP contribution in [0.2, 0.25) is 5.02 Å². The lowest BCUT2D eigenvalue weighted by molar-refractivity contribution is -0.133. The number of halogens is 1. The van der Waals surface area contributed by atoms with Gasteiger partial charge in [-0.3, -0.25) is 9.69 Å². The average molecular weight is 448 g/mol. The highest BCUT2D eigenvalue weighted by molar-refractivity contribution is 7.89. The molecule has 1 N–H and O–H groups in total. The van der Waals surface area contributed by atoms with Crippen molar-refractivity contribution in [1.82, 2.24) is 14.5 Å². The molecule has 158 valence electrons. The van der Waals surface area contributed by atoms with Crippen molar-refractivity contribution in [2.45, 2.75) is 36.7 Å². The minimum atomic E-state index is -3.69. The molecule has 3 amide bonds. The first-order chi connectivity index (χ1) is 14.2. The van der Waals surface area contributed by atoms with E-state index in [0.29, 0.717) is 5.02 Å². The normalized spacial score (nSPS) is 19.3. The highest BCUT2D eigenvalue weighted by Gasteiger charge is 2.53. The molecule has 2 heterocycles. The van der Waals surface area contributed by atoms with Crippen molar-refractivity contribution in [2.75, 3.05) is 13.1 Å². The Hall–Kier alpha value is -2.42. The van der Waals surface area contributed by atoms with Gasteiger partial charge in [0.1, 0.15) is 5.54 Å². The third-order valence-electron chi connectivity index (χ3n) is 5.73. The number of hydrogen-bond acceptors (Lipinski definition) is 4. The summed E-state index contributed by atoms with van der Waals surface area (Å²) in [5.41, 5.74) is 0.916. The summed E-state index contributed by atoms with van der Waals surface area (Å²) < 4.78 is 27.1. The number of hydrogen-bond donors (Lipinski definition) is 1. The molecule has 0 atom stereocenters. The molecule has 0 aromatic heterocycles. The lowest BCUT2D eigenvalue weighted by Gasteiger charge is -2.36. The summed E-state index contributed by atoms with van der Waals surface area (Å²) in [6, 6.07) is 13.2. The van der Waals surface area contributed by atoms with Gasteiger partial charge in [-0.05, 0) is 49.6 Å². The number of nitrogens with one attached hydrogen (secondary N) is 1. The Bertz CT molecular complexity index is 1080. The fourth-order valence-corrected chi connectivity index (χ4v) is 5.47. The Morgan fingerprint density at radius 2 is 1.60 bits per heavy atom. The van der Waals surface area contributed by atoms with E-state index >= 15 is 0 Å². The van der Waals surface area contributed by atoms with Crippen LogP contribution >= 0.6 is 11.6 Å². The second kappa shape index (κ2) is 7.68. The molecular weight excluding hydrogens is 426 g/mol. The zero-order chi connectivity index (χ0) is 21.5. The lowest BCUT2D eigenvalue weighted by Crippen LogP contribution is -2.55. The van der Waals surface area contributed by atoms with Crippen molar-refractivity contribution in [3.63, 3.8) is 0 Å². The Labute approximate surface area is 180 Å². The molecular formula is C21H22ClN3O4S. The summed E-state index contributed by atoms with van der Waals surface area (Å²) in [5.74, 6) is -0.295. The quantitative estimate of drug-likeness (QED) is 0.730.